The lowest BCUT2D eigenvalue weighted by Gasteiger charge is -2.19. The number of hydrogen-bond acceptors (Lipinski definition) is 6. The molecule has 0 saturated carbocycles. The van der Waals surface area contributed by atoms with Crippen LogP contribution in [0.2, 0.25) is 0 Å². The van der Waals surface area contributed by atoms with Gasteiger partial charge in [-0.25, -0.2) is 8.42 Å². The first-order valence-corrected chi connectivity index (χ1v) is 11.4. The number of benzene rings is 1. The summed E-state index contributed by atoms with van der Waals surface area (Å²) in [4.78, 5) is 28.2. The number of rotatable bonds is 5. The van der Waals surface area contributed by atoms with Gasteiger partial charge in [-0.15, -0.1) is 11.3 Å². The van der Waals surface area contributed by atoms with E-state index in [9.17, 15) is 31.2 Å². The number of anilines is 2. The lowest BCUT2D eigenvalue weighted by Crippen LogP contribution is -2.33. The van der Waals surface area contributed by atoms with E-state index < -0.39 is 43.7 Å². The number of H-pyrrole nitrogens is 1. The Balaban J connectivity index is 1.99. The van der Waals surface area contributed by atoms with Crippen LogP contribution in [0.5, 0.6) is 0 Å². The maximum absolute atomic E-state index is 13.0. The van der Waals surface area contributed by atoms with Crippen molar-refractivity contribution in [2.24, 2.45) is 0 Å². The van der Waals surface area contributed by atoms with Gasteiger partial charge in [0.2, 0.25) is 0 Å². The fraction of sp³-hybridized carbons (Fsp3) is 0.150. The monoisotopic (exact) mass is 496 g/mol. The van der Waals surface area contributed by atoms with E-state index in [0.29, 0.717) is 0 Å². The zero-order valence-corrected chi connectivity index (χ0v) is 18.7. The van der Waals surface area contributed by atoms with Gasteiger partial charge in [-0.2, -0.15) is 18.4 Å². The molecule has 0 radical (unpaired) electrons. The van der Waals surface area contributed by atoms with Crippen molar-refractivity contribution < 1.29 is 26.4 Å². The lowest BCUT2D eigenvalue weighted by molar-refractivity contribution is -0.137. The molecular formula is C20H15F3N4O4S2. The summed E-state index contributed by atoms with van der Waals surface area (Å²) >= 11 is 0.889. The van der Waals surface area contributed by atoms with Crippen LogP contribution in [0.4, 0.5) is 23.9 Å². The molecule has 8 nitrogen and oxygen atoms in total. The van der Waals surface area contributed by atoms with Gasteiger partial charge in [-0.05, 0) is 43.3 Å². The normalized spacial score (nSPS) is 11.6. The molecule has 0 atom stereocenters. The molecule has 172 valence electrons. The molecule has 0 aliphatic carbocycles. The van der Waals surface area contributed by atoms with Crippen LogP contribution in [0, 0.1) is 18.3 Å². The average Bonchev–Trinajstić information content (AvgIpc) is 3.19. The van der Waals surface area contributed by atoms with Crippen LogP contribution in [0.15, 0.2) is 52.2 Å². The summed E-state index contributed by atoms with van der Waals surface area (Å²) in [5.74, 6) is -1.00. The van der Waals surface area contributed by atoms with E-state index >= 15 is 0 Å². The molecule has 0 unspecified atom stereocenters. The minimum Gasteiger partial charge on any atom is -0.324 e. The van der Waals surface area contributed by atoms with E-state index in [-0.39, 0.29) is 21.3 Å². The molecule has 2 aromatic heterocycles. The predicted octanol–water partition coefficient (Wildman–Crippen LogP) is 3.71. The van der Waals surface area contributed by atoms with Gasteiger partial charge in [0.1, 0.15) is 26.4 Å². The second-order valence-corrected chi connectivity index (χ2v) is 9.53. The number of amides is 1. The van der Waals surface area contributed by atoms with Crippen LogP contribution >= 0.6 is 11.3 Å². The molecule has 1 aromatic carbocycles. The second-order valence-electron chi connectivity index (χ2n) is 6.79. The SMILES string of the molecule is Cc1[nH]c(=O)c(C(=O)N(C)c2cccc(C(F)(F)F)c2)cc1S(=O)(=O)Nc1ccc(C#N)s1. The zero-order chi connectivity index (χ0) is 24.6. The quantitative estimate of drug-likeness (QED) is 0.558. The van der Waals surface area contributed by atoms with E-state index in [4.69, 9.17) is 5.26 Å². The average molecular weight is 496 g/mol. The summed E-state index contributed by atoms with van der Waals surface area (Å²) < 4.78 is 67.0. The van der Waals surface area contributed by atoms with E-state index in [1.54, 1.807) is 0 Å². The van der Waals surface area contributed by atoms with Crippen LogP contribution < -0.4 is 15.2 Å². The Bertz CT molecular complexity index is 1440. The maximum Gasteiger partial charge on any atom is 0.416 e. The van der Waals surface area contributed by atoms with Gasteiger partial charge in [0.25, 0.3) is 21.5 Å². The van der Waals surface area contributed by atoms with Crippen molar-refractivity contribution in [1.29, 1.82) is 5.26 Å². The van der Waals surface area contributed by atoms with Crippen molar-refractivity contribution in [3.05, 3.63) is 74.5 Å². The van der Waals surface area contributed by atoms with Crippen molar-refractivity contribution in [2.45, 2.75) is 18.0 Å². The van der Waals surface area contributed by atoms with Crippen LogP contribution in [-0.2, 0) is 16.2 Å². The minimum absolute atomic E-state index is 0.0529. The lowest BCUT2D eigenvalue weighted by atomic mass is 10.1. The molecule has 2 N–H and O–H groups in total. The molecule has 1 amide bonds. The van der Waals surface area contributed by atoms with E-state index in [1.165, 1.54) is 32.2 Å². The minimum atomic E-state index is -4.64. The Morgan fingerprint density at radius 3 is 2.52 bits per heavy atom. The number of carbonyl (C=O) groups is 1. The highest BCUT2D eigenvalue weighted by atomic mass is 32.2. The number of aromatic amines is 1. The number of aromatic nitrogens is 1. The number of halogens is 3. The fourth-order valence-corrected chi connectivity index (χ4v) is 5.09. The summed E-state index contributed by atoms with van der Waals surface area (Å²) in [5, 5.41) is 9.03. The van der Waals surface area contributed by atoms with Gasteiger partial charge in [0.15, 0.2) is 0 Å². The van der Waals surface area contributed by atoms with E-state index in [0.717, 1.165) is 40.5 Å². The summed E-state index contributed by atoms with van der Waals surface area (Å²) in [6.45, 7) is 1.32. The first kappa shape index (κ1) is 24.0. The van der Waals surface area contributed by atoms with Crippen molar-refractivity contribution in [2.75, 3.05) is 16.7 Å². The molecule has 2 heterocycles. The smallest absolute Gasteiger partial charge is 0.324 e. The number of pyridine rings is 1. The van der Waals surface area contributed by atoms with Gasteiger partial charge in [-0.1, -0.05) is 6.07 Å². The highest BCUT2D eigenvalue weighted by molar-refractivity contribution is 7.93. The third-order valence-electron chi connectivity index (χ3n) is 4.53. The predicted molar refractivity (Wildman–Crippen MR) is 116 cm³/mol. The van der Waals surface area contributed by atoms with E-state index in [2.05, 4.69) is 9.71 Å². The first-order valence-electron chi connectivity index (χ1n) is 9.05. The molecule has 13 heteroatoms. The Morgan fingerprint density at radius 1 is 1.21 bits per heavy atom. The standard InChI is InChI=1S/C20H15F3N4O4S2/c1-11-16(33(30,31)26-17-7-6-14(10-24)32-17)9-15(18(28)25-11)19(29)27(2)13-5-3-4-12(8-13)20(21,22)23/h3-9,26H,1-2H3,(H,25,28). The molecule has 33 heavy (non-hydrogen) atoms. The summed E-state index contributed by atoms with van der Waals surface area (Å²) in [5.41, 5.74) is -2.66. The largest absolute Gasteiger partial charge is 0.416 e. The molecule has 0 saturated heterocycles. The summed E-state index contributed by atoms with van der Waals surface area (Å²) in [6, 6.07) is 9.47. The molecule has 0 aliphatic rings. The fourth-order valence-electron chi connectivity index (χ4n) is 2.87. The molecule has 0 fully saturated rings. The number of alkyl halides is 3. The van der Waals surface area contributed by atoms with Gasteiger partial charge in [-0.3, -0.25) is 14.3 Å². The number of nitrogens with one attached hydrogen (secondary N) is 2. The van der Waals surface area contributed by atoms with Gasteiger partial charge < -0.3 is 9.88 Å². The summed E-state index contributed by atoms with van der Waals surface area (Å²) in [7, 11) is -3.10. The maximum atomic E-state index is 13.0. The van der Waals surface area contributed by atoms with Crippen LogP contribution in [0.25, 0.3) is 0 Å². The Kier molecular flexibility index (Phi) is 6.35. The van der Waals surface area contributed by atoms with Crippen molar-refractivity contribution in [3.8, 4) is 6.07 Å². The molecule has 0 aliphatic heterocycles. The summed E-state index contributed by atoms with van der Waals surface area (Å²) in [6.07, 6.45) is -4.64. The number of carbonyl (C=O) groups excluding carboxylic acids is 1. The molecule has 0 spiro atoms. The van der Waals surface area contributed by atoms with Gasteiger partial charge >= 0.3 is 6.18 Å². The number of sulfonamides is 1. The highest BCUT2D eigenvalue weighted by Gasteiger charge is 2.31. The Labute approximate surface area is 190 Å². The number of nitrogens with zero attached hydrogens (tertiary/aromatic N) is 2. The van der Waals surface area contributed by atoms with Crippen molar-refractivity contribution >= 4 is 38.0 Å². The first-order chi connectivity index (χ1) is 15.3. The molecule has 3 aromatic rings. The molecule has 0 bridgehead atoms. The third kappa shape index (κ3) is 5.07. The van der Waals surface area contributed by atoms with Crippen LogP contribution in [-0.4, -0.2) is 26.4 Å². The topological polar surface area (TPSA) is 123 Å². The molecular weight excluding hydrogens is 481 g/mol. The number of thiophene rings is 1. The third-order valence-corrected chi connectivity index (χ3v) is 7.05. The van der Waals surface area contributed by atoms with Crippen LogP contribution in [0.1, 0.15) is 26.5 Å². The highest BCUT2D eigenvalue weighted by Crippen LogP contribution is 2.32. The zero-order valence-electron chi connectivity index (χ0n) is 17.0. The molecule has 3 rings (SSSR count). The second kappa shape index (κ2) is 8.72. The number of aryl methyl sites for hydroxylation is 1. The van der Waals surface area contributed by atoms with Crippen molar-refractivity contribution in [1.82, 2.24) is 4.98 Å². The Morgan fingerprint density at radius 2 is 1.91 bits per heavy atom. The number of nitriles is 1. The van der Waals surface area contributed by atoms with Gasteiger partial charge in [0, 0.05) is 18.4 Å². The Hall–Kier alpha value is -3.63. The van der Waals surface area contributed by atoms with E-state index in [1.807, 2.05) is 6.07 Å². The van der Waals surface area contributed by atoms with Crippen LogP contribution in [0.3, 0.4) is 0 Å². The van der Waals surface area contributed by atoms with Gasteiger partial charge in [0.05, 0.1) is 5.56 Å². The number of hydrogen-bond donors (Lipinski definition) is 2. The van der Waals surface area contributed by atoms with Crippen molar-refractivity contribution in [3.63, 3.8) is 0 Å².